The van der Waals surface area contributed by atoms with Crippen LogP contribution in [0.15, 0.2) is 255 Å². The molecule has 0 saturated carbocycles. The van der Waals surface area contributed by atoms with Crippen molar-refractivity contribution in [2.24, 2.45) is 0 Å². The Labute approximate surface area is 445 Å². The first-order valence-corrected chi connectivity index (χ1v) is 26.5. The van der Waals surface area contributed by atoms with Crippen molar-refractivity contribution in [2.45, 2.75) is 51.7 Å². The molecule has 0 aliphatic heterocycles. The Morgan fingerprint density at radius 2 is 0.645 bits per heavy atom. The number of nitrogens with zero attached hydrogens (tertiary/aromatic N) is 2. The van der Waals surface area contributed by atoms with Crippen molar-refractivity contribution in [3.63, 3.8) is 0 Å². The summed E-state index contributed by atoms with van der Waals surface area (Å²) in [6, 6.07) is 89.4. The standard InChI is InChI=1S/C38H31NO.C34H29NO/c1-25-15-21-36-34(23-25)35-24-30(26(2)32-14-8-12-27-9-6-7-13-33(27)32)18-22-37(35)39(36)31-19-16-29(17-20-31)38(40)28-10-4-3-5-11-28;1-23-13-19-32-30(21-23)31-22-28(24(2)25-9-5-3-6-10-25)16-20-33(31)35(32)29-17-14-27(15-18-29)34(36)26-11-7-4-8-12-26/h3-24,26,38,40H,1-2H3;3-22,24,34,36H,1-2H3. The van der Waals surface area contributed by atoms with Crippen LogP contribution < -0.4 is 0 Å². The maximum Gasteiger partial charge on any atom is 0.104 e. The highest BCUT2D eigenvalue weighted by atomic mass is 16.3. The lowest BCUT2D eigenvalue weighted by atomic mass is 9.88. The van der Waals surface area contributed by atoms with E-state index in [1.54, 1.807) is 0 Å². The Bertz CT molecular complexity index is 4170. The van der Waals surface area contributed by atoms with Crippen LogP contribution in [0.4, 0.5) is 0 Å². The molecule has 76 heavy (non-hydrogen) atoms. The van der Waals surface area contributed by atoms with Crippen LogP contribution >= 0.6 is 0 Å². The summed E-state index contributed by atoms with van der Waals surface area (Å²) in [5.74, 6) is 0.579. The van der Waals surface area contributed by atoms with Crippen molar-refractivity contribution in [3.05, 3.63) is 310 Å². The van der Waals surface area contributed by atoms with E-state index < -0.39 is 12.2 Å². The fourth-order valence-corrected chi connectivity index (χ4v) is 11.4. The molecule has 11 aromatic carbocycles. The predicted octanol–water partition coefficient (Wildman–Crippen LogP) is 17.8. The molecule has 0 saturated heterocycles. The van der Waals surface area contributed by atoms with Gasteiger partial charge in [0.2, 0.25) is 0 Å². The lowest BCUT2D eigenvalue weighted by molar-refractivity contribution is 0.220. The molecular formula is C72H60N2O2. The second-order valence-electron chi connectivity index (χ2n) is 20.5. The van der Waals surface area contributed by atoms with E-state index in [1.807, 2.05) is 84.9 Å². The smallest absolute Gasteiger partial charge is 0.104 e. The first kappa shape index (κ1) is 48.2. The number of hydrogen-bond donors (Lipinski definition) is 2. The Morgan fingerprint density at radius 3 is 1.12 bits per heavy atom. The lowest BCUT2D eigenvalue weighted by Gasteiger charge is -2.16. The van der Waals surface area contributed by atoms with Crippen LogP contribution in [0, 0.1) is 13.8 Å². The molecule has 0 fully saturated rings. The van der Waals surface area contributed by atoms with Crippen LogP contribution in [-0.4, -0.2) is 19.3 Å². The molecule has 0 radical (unpaired) electrons. The van der Waals surface area contributed by atoms with Crippen molar-refractivity contribution < 1.29 is 10.2 Å². The van der Waals surface area contributed by atoms with Gasteiger partial charge in [-0.1, -0.05) is 207 Å². The Morgan fingerprint density at radius 1 is 0.289 bits per heavy atom. The Hall–Kier alpha value is -8.80. The number of benzene rings is 11. The van der Waals surface area contributed by atoms with E-state index in [1.165, 1.54) is 87.8 Å². The van der Waals surface area contributed by atoms with Gasteiger partial charge in [0, 0.05) is 44.8 Å². The summed E-state index contributed by atoms with van der Waals surface area (Å²) in [5, 5.41) is 29.4. The minimum absolute atomic E-state index is 0.262. The van der Waals surface area contributed by atoms with Crippen molar-refractivity contribution in [1.29, 1.82) is 0 Å². The van der Waals surface area contributed by atoms with Gasteiger partial charge in [-0.05, 0) is 142 Å². The maximum absolute atomic E-state index is 10.9. The van der Waals surface area contributed by atoms with Crippen LogP contribution in [-0.2, 0) is 0 Å². The highest BCUT2D eigenvalue weighted by Crippen LogP contribution is 2.39. The molecule has 2 N–H and O–H groups in total. The third-order valence-electron chi connectivity index (χ3n) is 15.6. The van der Waals surface area contributed by atoms with Gasteiger partial charge < -0.3 is 19.3 Å². The molecule has 0 bridgehead atoms. The molecule has 0 amide bonds. The van der Waals surface area contributed by atoms with Gasteiger partial charge in [-0.25, -0.2) is 0 Å². The van der Waals surface area contributed by atoms with Crippen LogP contribution in [0.3, 0.4) is 0 Å². The van der Waals surface area contributed by atoms with Crippen LogP contribution in [0.1, 0.15) is 93.5 Å². The van der Waals surface area contributed by atoms with Gasteiger partial charge in [0.25, 0.3) is 0 Å². The van der Waals surface area contributed by atoms with Gasteiger partial charge in [-0.3, -0.25) is 0 Å². The van der Waals surface area contributed by atoms with Crippen molar-refractivity contribution in [1.82, 2.24) is 9.13 Å². The molecule has 13 aromatic rings. The number of rotatable bonds is 10. The molecule has 4 heteroatoms. The highest BCUT2D eigenvalue weighted by molar-refractivity contribution is 6.11. The minimum atomic E-state index is -0.644. The van der Waals surface area contributed by atoms with Gasteiger partial charge in [0.05, 0.1) is 22.1 Å². The van der Waals surface area contributed by atoms with E-state index in [2.05, 4.69) is 207 Å². The number of aliphatic hydroxyl groups is 2. The number of aliphatic hydroxyl groups excluding tert-OH is 2. The van der Waals surface area contributed by atoms with Gasteiger partial charge in [-0.2, -0.15) is 0 Å². The third kappa shape index (κ3) is 9.06. The fraction of sp³-hybridized carbons (Fsp3) is 0.111. The van der Waals surface area contributed by atoms with Crippen LogP contribution in [0.25, 0.3) is 65.8 Å². The van der Waals surface area contributed by atoms with Gasteiger partial charge in [0.1, 0.15) is 12.2 Å². The predicted molar refractivity (Wildman–Crippen MR) is 317 cm³/mol. The topological polar surface area (TPSA) is 50.3 Å². The molecule has 4 unspecified atom stereocenters. The number of hydrogen-bond acceptors (Lipinski definition) is 2. The maximum atomic E-state index is 10.9. The monoisotopic (exact) mass is 984 g/mol. The second kappa shape index (κ2) is 20.5. The van der Waals surface area contributed by atoms with Gasteiger partial charge in [-0.15, -0.1) is 0 Å². The van der Waals surface area contributed by atoms with E-state index >= 15 is 0 Å². The second-order valence-corrected chi connectivity index (χ2v) is 20.5. The van der Waals surface area contributed by atoms with Gasteiger partial charge in [0.15, 0.2) is 0 Å². The number of aromatic nitrogens is 2. The average Bonchev–Trinajstić information content (AvgIpc) is 4.01. The van der Waals surface area contributed by atoms with E-state index in [0.717, 1.165) is 33.6 Å². The Balaban J connectivity index is 0.000000154. The summed E-state index contributed by atoms with van der Waals surface area (Å²) in [4.78, 5) is 0. The van der Waals surface area contributed by atoms with Crippen molar-refractivity contribution in [2.75, 3.05) is 0 Å². The summed E-state index contributed by atoms with van der Waals surface area (Å²) in [5.41, 5.74) is 18.3. The fourth-order valence-electron chi connectivity index (χ4n) is 11.4. The molecule has 2 aromatic heterocycles. The first-order valence-electron chi connectivity index (χ1n) is 26.5. The molecule has 13 rings (SSSR count). The SMILES string of the molecule is Cc1ccc2c(c1)c1cc(C(C)c3cccc4ccccc34)ccc1n2-c1ccc(C(O)c2ccccc2)cc1.Cc1ccc2c(c1)c1cc(C(C)c3ccccc3)ccc1n2-c1ccc(C(O)c2ccccc2)cc1. The molecule has 0 aliphatic rings. The quantitative estimate of drug-likeness (QED) is 0.143. The number of aryl methyl sites for hydroxylation is 2. The van der Waals surface area contributed by atoms with Crippen molar-refractivity contribution >= 4 is 54.4 Å². The summed E-state index contributed by atoms with van der Waals surface area (Å²) in [7, 11) is 0. The molecule has 2 heterocycles. The molecule has 0 aliphatic carbocycles. The van der Waals surface area contributed by atoms with E-state index in [4.69, 9.17) is 0 Å². The molecular weight excluding hydrogens is 925 g/mol. The summed E-state index contributed by atoms with van der Waals surface area (Å²) in [6.07, 6.45) is -1.28. The highest BCUT2D eigenvalue weighted by Gasteiger charge is 2.20. The molecule has 370 valence electrons. The van der Waals surface area contributed by atoms with Gasteiger partial charge >= 0.3 is 0 Å². The average molecular weight is 985 g/mol. The minimum Gasteiger partial charge on any atom is -0.384 e. The number of fused-ring (bicyclic) bond motifs is 7. The van der Waals surface area contributed by atoms with Crippen molar-refractivity contribution in [3.8, 4) is 11.4 Å². The van der Waals surface area contributed by atoms with E-state index in [9.17, 15) is 10.2 Å². The largest absolute Gasteiger partial charge is 0.384 e. The zero-order chi connectivity index (χ0) is 51.9. The van der Waals surface area contributed by atoms with E-state index in [-0.39, 0.29) is 5.92 Å². The summed E-state index contributed by atoms with van der Waals surface area (Å²) in [6.45, 7) is 8.89. The lowest BCUT2D eigenvalue weighted by Crippen LogP contribution is -2.01. The zero-order valence-corrected chi connectivity index (χ0v) is 43.3. The third-order valence-corrected chi connectivity index (χ3v) is 15.6. The van der Waals surface area contributed by atoms with E-state index in [0.29, 0.717) is 5.92 Å². The summed E-state index contributed by atoms with van der Waals surface area (Å²) < 4.78 is 4.68. The Kier molecular flexibility index (Phi) is 13.0. The normalized spacial score (nSPS) is 13.2. The summed E-state index contributed by atoms with van der Waals surface area (Å²) >= 11 is 0. The molecule has 4 nitrogen and oxygen atoms in total. The van der Waals surface area contributed by atoms with Crippen LogP contribution in [0.5, 0.6) is 0 Å². The molecule has 4 atom stereocenters. The first-order chi connectivity index (χ1) is 37.2. The zero-order valence-electron chi connectivity index (χ0n) is 43.3. The van der Waals surface area contributed by atoms with Crippen LogP contribution in [0.2, 0.25) is 0 Å². The molecule has 0 spiro atoms.